The van der Waals surface area contributed by atoms with Crippen molar-refractivity contribution in [3.05, 3.63) is 59.0 Å². The van der Waals surface area contributed by atoms with Crippen molar-refractivity contribution in [1.29, 1.82) is 0 Å². The first-order chi connectivity index (χ1) is 13.0. The van der Waals surface area contributed by atoms with Gasteiger partial charge in [-0.05, 0) is 50.2 Å². The van der Waals surface area contributed by atoms with E-state index in [4.69, 9.17) is 18.6 Å². The molecule has 0 saturated carbocycles. The minimum atomic E-state index is -0.735. The lowest BCUT2D eigenvalue weighted by Crippen LogP contribution is -2.25. The van der Waals surface area contributed by atoms with Gasteiger partial charge in [0.2, 0.25) is 11.2 Å². The van der Waals surface area contributed by atoms with E-state index in [9.17, 15) is 14.7 Å². The van der Waals surface area contributed by atoms with E-state index in [0.29, 0.717) is 16.9 Å². The zero-order valence-corrected chi connectivity index (χ0v) is 14.8. The molecular formula is C20H18O7. The van der Waals surface area contributed by atoms with Gasteiger partial charge >= 0.3 is 5.97 Å². The normalized spacial score (nSPS) is 11.8. The van der Waals surface area contributed by atoms with E-state index in [-0.39, 0.29) is 29.1 Å². The summed E-state index contributed by atoms with van der Waals surface area (Å²) in [6.45, 7) is 3.61. The summed E-state index contributed by atoms with van der Waals surface area (Å²) >= 11 is 0. The third kappa shape index (κ3) is 4.20. The standard InChI is InChI=1S/C20H18O7/c1-3-24-20(23)12(2)26-14-5-7-15(8-6-14)27-18-11-25-17-10-13(21)4-9-16(17)19(18)22/h4-12,21H,3H2,1-2H3/t12-/m1/s1. The lowest BCUT2D eigenvalue weighted by Gasteiger charge is -2.13. The van der Waals surface area contributed by atoms with Crippen LogP contribution in [-0.2, 0) is 9.53 Å². The fraction of sp³-hybridized carbons (Fsp3) is 0.200. The minimum Gasteiger partial charge on any atom is -0.508 e. The molecule has 0 aliphatic rings. The molecule has 1 aromatic heterocycles. The van der Waals surface area contributed by atoms with Gasteiger partial charge in [0.25, 0.3) is 0 Å². The summed E-state index contributed by atoms with van der Waals surface area (Å²) in [5.41, 5.74) is -0.0865. The quantitative estimate of drug-likeness (QED) is 0.662. The molecule has 1 heterocycles. The Morgan fingerprint density at radius 3 is 2.56 bits per heavy atom. The van der Waals surface area contributed by atoms with Crippen LogP contribution in [0.15, 0.2) is 57.9 Å². The van der Waals surface area contributed by atoms with Crippen molar-refractivity contribution in [2.24, 2.45) is 0 Å². The van der Waals surface area contributed by atoms with Crippen molar-refractivity contribution in [2.45, 2.75) is 20.0 Å². The fourth-order valence-corrected chi connectivity index (χ4v) is 2.39. The summed E-state index contributed by atoms with van der Waals surface area (Å²) in [5.74, 6) is 0.437. The summed E-state index contributed by atoms with van der Waals surface area (Å²) in [6, 6.07) is 10.7. The molecule has 0 aliphatic heterocycles. The molecule has 7 heteroatoms. The van der Waals surface area contributed by atoms with Crippen LogP contribution in [0.3, 0.4) is 0 Å². The maximum Gasteiger partial charge on any atom is 0.347 e. The average Bonchev–Trinajstić information content (AvgIpc) is 2.65. The number of fused-ring (bicyclic) bond motifs is 1. The largest absolute Gasteiger partial charge is 0.508 e. The van der Waals surface area contributed by atoms with Crippen molar-refractivity contribution >= 4 is 16.9 Å². The monoisotopic (exact) mass is 370 g/mol. The summed E-state index contributed by atoms with van der Waals surface area (Å²) in [6.07, 6.45) is 0.456. The predicted octanol–water partition coefficient (Wildman–Crippen LogP) is 3.62. The van der Waals surface area contributed by atoms with Crippen molar-refractivity contribution < 1.29 is 28.5 Å². The van der Waals surface area contributed by atoms with E-state index in [1.165, 1.54) is 24.5 Å². The molecule has 0 fully saturated rings. The highest BCUT2D eigenvalue weighted by Crippen LogP contribution is 2.25. The summed E-state index contributed by atoms with van der Waals surface area (Å²) in [4.78, 5) is 24.0. The highest BCUT2D eigenvalue weighted by atomic mass is 16.6. The molecule has 0 bridgehead atoms. The Labute approximate surface area is 154 Å². The molecule has 0 spiro atoms. The van der Waals surface area contributed by atoms with Gasteiger partial charge < -0.3 is 23.7 Å². The van der Waals surface area contributed by atoms with Gasteiger partial charge in [0, 0.05) is 6.07 Å². The van der Waals surface area contributed by atoms with Crippen LogP contribution in [0.1, 0.15) is 13.8 Å². The van der Waals surface area contributed by atoms with Crippen LogP contribution in [0.25, 0.3) is 11.0 Å². The van der Waals surface area contributed by atoms with Gasteiger partial charge in [-0.15, -0.1) is 0 Å². The number of hydrogen-bond acceptors (Lipinski definition) is 7. The van der Waals surface area contributed by atoms with E-state index in [1.54, 1.807) is 38.1 Å². The molecule has 27 heavy (non-hydrogen) atoms. The number of carbonyl (C=O) groups excluding carboxylic acids is 1. The van der Waals surface area contributed by atoms with Crippen LogP contribution in [0.2, 0.25) is 0 Å². The van der Waals surface area contributed by atoms with Crippen LogP contribution < -0.4 is 14.9 Å². The molecule has 0 saturated heterocycles. The molecule has 3 rings (SSSR count). The third-order valence-corrected chi connectivity index (χ3v) is 3.71. The maximum atomic E-state index is 12.5. The van der Waals surface area contributed by atoms with Crippen LogP contribution >= 0.6 is 0 Å². The number of benzene rings is 2. The lowest BCUT2D eigenvalue weighted by atomic mass is 10.2. The lowest BCUT2D eigenvalue weighted by molar-refractivity contribution is -0.150. The second-order valence-electron chi connectivity index (χ2n) is 5.70. The Morgan fingerprint density at radius 2 is 1.85 bits per heavy atom. The Balaban J connectivity index is 1.74. The van der Waals surface area contributed by atoms with Gasteiger partial charge in [0.15, 0.2) is 6.10 Å². The molecular weight excluding hydrogens is 352 g/mol. The zero-order valence-electron chi connectivity index (χ0n) is 14.8. The first-order valence-corrected chi connectivity index (χ1v) is 8.33. The molecule has 1 N–H and O–H groups in total. The summed E-state index contributed by atoms with van der Waals surface area (Å²) in [7, 11) is 0. The second-order valence-corrected chi connectivity index (χ2v) is 5.70. The second kappa shape index (κ2) is 7.82. The molecule has 2 aromatic carbocycles. The maximum absolute atomic E-state index is 12.5. The molecule has 1 atom stereocenters. The number of aromatic hydroxyl groups is 1. The Bertz CT molecular complexity index is 1010. The van der Waals surface area contributed by atoms with Crippen LogP contribution in [-0.4, -0.2) is 23.8 Å². The predicted molar refractivity (Wildman–Crippen MR) is 97.4 cm³/mol. The Morgan fingerprint density at radius 1 is 1.15 bits per heavy atom. The van der Waals surface area contributed by atoms with Crippen LogP contribution in [0.5, 0.6) is 23.0 Å². The smallest absolute Gasteiger partial charge is 0.347 e. The van der Waals surface area contributed by atoms with Gasteiger partial charge in [-0.3, -0.25) is 4.79 Å². The summed E-state index contributed by atoms with van der Waals surface area (Å²) in [5, 5.41) is 9.74. The highest BCUT2D eigenvalue weighted by molar-refractivity contribution is 5.79. The third-order valence-electron chi connectivity index (χ3n) is 3.71. The van der Waals surface area contributed by atoms with Gasteiger partial charge in [0.05, 0.1) is 12.0 Å². The molecule has 0 aliphatic carbocycles. The average molecular weight is 370 g/mol. The first kappa shape index (κ1) is 18.3. The van der Waals surface area contributed by atoms with E-state index >= 15 is 0 Å². The van der Waals surface area contributed by atoms with Crippen LogP contribution in [0, 0.1) is 0 Å². The van der Waals surface area contributed by atoms with Crippen molar-refractivity contribution in [3.8, 4) is 23.0 Å². The molecule has 140 valence electrons. The molecule has 0 amide bonds. The molecule has 3 aromatic rings. The minimum absolute atomic E-state index is 0.00644. The molecule has 7 nitrogen and oxygen atoms in total. The van der Waals surface area contributed by atoms with Crippen molar-refractivity contribution in [1.82, 2.24) is 0 Å². The number of esters is 1. The molecule has 0 radical (unpaired) electrons. The Kier molecular flexibility index (Phi) is 5.30. The number of hydrogen-bond donors (Lipinski definition) is 1. The number of carbonyl (C=O) groups is 1. The first-order valence-electron chi connectivity index (χ1n) is 8.33. The van der Waals surface area contributed by atoms with E-state index in [2.05, 4.69) is 0 Å². The number of ether oxygens (including phenoxy) is 3. The van der Waals surface area contributed by atoms with E-state index in [1.807, 2.05) is 0 Å². The van der Waals surface area contributed by atoms with E-state index < -0.39 is 12.1 Å². The number of phenols is 1. The number of phenolic OH excluding ortho intramolecular Hbond substituents is 1. The van der Waals surface area contributed by atoms with Gasteiger partial charge in [-0.25, -0.2) is 4.79 Å². The SMILES string of the molecule is CCOC(=O)[C@@H](C)Oc1ccc(Oc2coc3cc(O)ccc3c2=O)cc1. The van der Waals surface area contributed by atoms with Gasteiger partial charge in [-0.1, -0.05) is 0 Å². The van der Waals surface area contributed by atoms with Crippen molar-refractivity contribution in [2.75, 3.05) is 6.61 Å². The highest BCUT2D eigenvalue weighted by Gasteiger charge is 2.16. The Hall–Kier alpha value is -3.48. The van der Waals surface area contributed by atoms with E-state index in [0.717, 1.165) is 0 Å². The fourth-order valence-electron chi connectivity index (χ4n) is 2.39. The van der Waals surface area contributed by atoms with Gasteiger partial charge in [-0.2, -0.15) is 0 Å². The van der Waals surface area contributed by atoms with Gasteiger partial charge in [0.1, 0.15) is 29.1 Å². The topological polar surface area (TPSA) is 95.2 Å². The molecule has 0 unspecified atom stereocenters. The number of rotatable bonds is 6. The zero-order chi connectivity index (χ0) is 19.4. The van der Waals surface area contributed by atoms with Crippen molar-refractivity contribution in [3.63, 3.8) is 0 Å². The van der Waals surface area contributed by atoms with Crippen LogP contribution in [0.4, 0.5) is 0 Å². The summed E-state index contributed by atoms with van der Waals surface area (Å²) < 4.78 is 21.3.